The number of para-hydroxylation sites is 2. The van der Waals surface area contributed by atoms with Gasteiger partial charge in [0.05, 0.1) is 35.9 Å². The highest BCUT2D eigenvalue weighted by Crippen LogP contribution is 2.40. The number of thioether (sulfide) groups is 1. The van der Waals surface area contributed by atoms with Crippen LogP contribution in [0.3, 0.4) is 0 Å². The second kappa shape index (κ2) is 18.5. The summed E-state index contributed by atoms with van der Waals surface area (Å²) in [5, 5.41) is 37.9. The smallest absolute Gasteiger partial charge is 0.224 e. The molecule has 2 heterocycles. The van der Waals surface area contributed by atoms with Gasteiger partial charge in [-0.2, -0.15) is 4.68 Å². The topological polar surface area (TPSA) is 187 Å². The number of carbonyl (C=O) groups is 2. The van der Waals surface area contributed by atoms with Gasteiger partial charge in [0.1, 0.15) is 5.75 Å². The predicted molar refractivity (Wildman–Crippen MR) is 202 cm³/mol. The number of carbonyl (C=O) groups excluding carboxylic acids is 2. The van der Waals surface area contributed by atoms with Crippen molar-refractivity contribution in [1.82, 2.24) is 20.2 Å². The number of nitrogen functional groups attached to an aromatic ring is 1. The summed E-state index contributed by atoms with van der Waals surface area (Å²) in [4.78, 5) is 25.1. The summed E-state index contributed by atoms with van der Waals surface area (Å²) in [7, 11) is 0. The fraction of sp³-hybridized carbons (Fsp3) is 0.308. The largest absolute Gasteiger partial charge is 0.508 e. The lowest BCUT2D eigenvalue weighted by atomic mass is 10.0. The van der Waals surface area contributed by atoms with Crippen molar-refractivity contribution in [3.05, 3.63) is 114 Å². The number of aliphatic hydroxyl groups excluding tert-OH is 1. The monoisotopic (exact) mass is 737 g/mol. The molecule has 6 rings (SSSR count). The zero-order valence-electron chi connectivity index (χ0n) is 29.1. The number of aliphatic hydroxyl groups is 1. The van der Waals surface area contributed by atoms with Crippen molar-refractivity contribution in [3.8, 4) is 11.4 Å². The minimum Gasteiger partial charge on any atom is -0.508 e. The summed E-state index contributed by atoms with van der Waals surface area (Å²) in [5.74, 6) is 0.523. The Bertz CT molecular complexity index is 1960. The minimum atomic E-state index is -0.711. The third kappa shape index (κ3) is 10.6. The molecule has 1 aliphatic rings. The number of benzene rings is 4. The number of phenolic OH excluding ortho intramolecular Hbond substituents is 1. The highest BCUT2D eigenvalue weighted by molar-refractivity contribution is 7.99. The summed E-state index contributed by atoms with van der Waals surface area (Å²) < 4.78 is 14.6. The van der Waals surface area contributed by atoms with E-state index in [1.165, 1.54) is 11.8 Å². The molecule has 4 aromatic carbocycles. The van der Waals surface area contributed by atoms with E-state index in [-0.39, 0.29) is 36.4 Å². The summed E-state index contributed by atoms with van der Waals surface area (Å²) in [5.41, 5.74) is 11.0. The number of amides is 2. The van der Waals surface area contributed by atoms with Crippen LogP contribution in [0, 0.1) is 0 Å². The molecule has 13 nitrogen and oxygen atoms in total. The van der Waals surface area contributed by atoms with Gasteiger partial charge in [-0.05, 0) is 82.9 Å². The lowest BCUT2D eigenvalue weighted by Crippen LogP contribution is -2.31. The van der Waals surface area contributed by atoms with Crippen LogP contribution in [0.5, 0.6) is 5.75 Å². The number of nitrogens with zero attached hydrogens (tertiary/aromatic N) is 4. The molecular formula is C39H43N7O6S. The second-order valence-electron chi connectivity index (χ2n) is 12.8. The van der Waals surface area contributed by atoms with Crippen LogP contribution in [0.4, 0.5) is 17.1 Å². The lowest BCUT2D eigenvalue weighted by molar-refractivity contribution is -0.245. The third-order valence-electron chi connectivity index (χ3n) is 8.78. The van der Waals surface area contributed by atoms with Gasteiger partial charge in [0.25, 0.3) is 0 Å². The Morgan fingerprint density at radius 2 is 1.58 bits per heavy atom. The van der Waals surface area contributed by atoms with E-state index in [2.05, 4.69) is 26.2 Å². The van der Waals surface area contributed by atoms with Gasteiger partial charge in [0, 0.05) is 36.3 Å². The number of nitrogens with two attached hydrogens (primary N) is 1. The number of anilines is 3. The minimum absolute atomic E-state index is 0.0464. The van der Waals surface area contributed by atoms with Crippen LogP contribution in [0.1, 0.15) is 74.0 Å². The molecule has 0 aliphatic carbocycles. The number of ether oxygens (including phenoxy) is 2. The van der Waals surface area contributed by atoms with Crippen LogP contribution >= 0.6 is 11.8 Å². The molecule has 6 N–H and O–H groups in total. The molecule has 1 aliphatic heterocycles. The summed E-state index contributed by atoms with van der Waals surface area (Å²) in [6, 6.07) is 29.0. The van der Waals surface area contributed by atoms with Gasteiger partial charge in [0.15, 0.2) is 6.29 Å². The molecule has 2 amide bonds. The maximum atomic E-state index is 12.9. The van der Waals surface area contributed by atoms with Crippen LogP contribution < -0.4 is 16.4 Å². The number of aromatic nitrogens is 4. The second-order valence-corrected chi connectivity index (χ2v) is 13.8. The van der Waals surface area contributed by atoms with Gasteiger partial charge in [-0.25, -0.2) is 0 Å². The quantitative estimate of drug-likeness (QED) is 0.0412. The molecule has 5 aromatic rings. The van der Waals surface area contributed by atoms with E-state index in [1.54, 1.807) is 41.1 Å². The van der Waals surface area contributed by atoms with Crippen LogP contribution in [0.2, 0.25) is 0 Å². The maximum absolute atomic E-state index is 12.9. The normalized spacial score (nSPS) is 17.0. The Morgan fingerprint density at radius 3 is 2.32 bits per heavy atom. The first kappa shape index (κ1) is 37.5. The molecule has 3 atom stereocenters. The van der Waals surface area contributed by atoms with Crippen LogP contribution in [-0.2, 0) is 25.7 Å². The Hall–Kier alpha value is -5.28. The number of tetrazole rings is 1. The molecule has 0 bridgehead atoms. The zero-order valence-corrected chi connectivity index (χ0v) is 30.0. The van der Waals surface area contributed by atoms with Crippen molar-refractivity contribution in [2.75, 3.05) is 22.1 Å². The first-order chi connectivity index (χ1) is 25.8. The summed E-state index contributed by atoms with van der Waals surface area (Å²) in [6.45, 7) is -0.0464. The Labute approximate surface area is 311 Å². The summed E-state index contributed by atoms with van der Waals surface area (Å²) in [6.07, 6.45) is 3.19. The lowest BCUT2D eigenvalue weighted by Gasteiger charge is -2.36. The first-order valence-electron chi connectivity index (χ1n) is 17.6. The average Bonchev–Trinajstić information content (AvgIpc) is 3.65. The number of unbranched alkanes of at least 4 members (excludes halogenated alkanes) is 3. The molecule has 0 spiro atoms. The van der Waals surface area contributed by atoms with Gasteiger partial charge in [-0.1, -0.05) is 73.1 Å². The van der Waals surface area contributed by atoms with Crippen molar-refractivity contribution >= 4 is 40.6 Å². The Balaban J connectivity index is 1.03. The van der Waals surface area contributed by atoms with Crippen molar-refractivity contribution in [2.24, 2.45) is 0 Å². The molecule has 276 valence electrons. The zero-order chi connectivity index (χ0) is 37.0. The first-order valence-corrected chi connectivity index (χ1v) is 18.6. The van der Waals surface area contributed by atoms with E-state index in [0.29, 0.717) is 53.7 Å². The molecule has 0 unspecified atom stereocenters. The van der Waals surface area contributed by atoms with Gasteiger partial charge in [-0.3, -0.25) is 9.59 Å². The molecular weight excluding hydrogens is 695 g/mol. The van der Waals surface area contributed by atoms with E-state index in [1.807, 2.05) is 60.7 Å². The number of hydrogen-bond donors (Lipinski definition) is 5. The van der Waals surface area contributed by atoms with Gasteiger partial charge in [-0.15, -0.1) is 5.10 Å². The van der Waals surface area contributed by atoms with Crippen molar-refractivity contribution < 1.29 is 29.3 Å². The third-order valence-corrected chi connectivity index (χ3v) is 9.83. The van der Waals surface area contributed by atoms with E-state index < -0.39 is 6.29 Å². The van der Waals surface area contributed by atoms with Gasteiger partial charge in [0.2, 0.25) is 17.0 Å². The fourth-order valence-corrected chi connectivity index (χ4v) is 6.86. The molecule has 0 saturated carbocycles. The maximum Gasteiger partial charge on any atom is 0.224 e. The molecule has 1 saturated heterocycles. The van der Waals surface area contributed by atoms with Crippen molar-refractivity contribution in [2.45, 2.75) is 75.2 Å². The number of phenols is 1. The number of aromatic hydroxyl groups is 1. The van der Waals surface area contributed by atoms with E-state index in [9.17, 15) is 19.8 Å². The van der Waals surface area contributed by atoms with Gasteiger partial charge >= 0.3 is 0 Å². The molecule has 53 heavy (non-hydrogen) atoms. The number of nitrogens with one attached hydrogen (secondary N) is 2. The standard InChI is InChI=1S/C39H43N7O6S/c40-33-10-5-6-11-34(33)42-37(50)13-4-2-1-3-12-36(49)41-29-9-7-8-28(22-29)38-51-32(23-35(52-38)27-16-14-26(24-47)15-17-27)25-53-39-43-44-45-46(39)30-18-20-31(48)21-19-30/h5-11,14-22,32,35,38,47-48H,1-4,12-13,23-25,40H2,(H,41,49)(H,42,50)/t32-,35+,38+/m0/s1. The molecule has 1 fully saturated rings. The highest BCUT2D eigenvalue weighted by atomic mass is 32.2. The molecule has 1 aromatic heterocycles. The van der Waals surface area contributed by atoms with Crippen LogP contribution in [0.15, 0.2) is 102 Å². The molecule has 0 radical (unpaired) electrons. The van der Waals surface area contributed by atoms with Crippen LogP contribution in [0.25, 0.3) is 5.69 Å². The van der Waals surface area contributed by atoms with Crippen LogP contribution in [-0.4, -0.2) is 54.1 Å². The fourth-order valence-electron chi connectivity index (χ4n) is 5.95. The Kier molecular flexibility index (Phi) is 13.1. The van der Waals surface area contributed by atoms with E-state index in [0.717, 1.165) is 41.6 Å². The summed E-state index contributed by atoms with van der Waals surface area (Å²) >= 11 is 1.46. The van der Waals surface area contributed by atoms with Crippen molar-refractivity contribution in [1.29, 1.82) is 0 Å². The van der Waals surface area contributed by atoms with E-state index in [4.69, 9.17) is 15.2 Å². The number of hydrogen-bond acceptors (Lipinski definition) is 11. The van der Waals surface area contributed by atoms with E-state index >= 15 is 0 Å². The Morgan fingerprint density at radius 1 is 0.849 bits per heavy atom. The van der Waals surface area contributed by atoms with Crippen molar-refractivity contribution in [3.63, 3.8) is 0 Å². The SMILES string of the molecule is Nc1ccccc1NC(=O)CCCCCCC(=O)Nc1cccc([C@@H]2O[C@H](CSc3nnnn3-c3ccc(O)cc3)C[C@H](c3ccc(CO)cc3)O2)c1. The average molecular weight is 738 g/mol. The molecule has 14 heteroatoms. The number of rotatable bonds is 16. The van der Waals surface area contributed by atoms with Gasteiger partial charge < -0.3 is 36.1 Å². The predicted octanol–water partition coefficient (Wildman–Crippen LogP) is 6.70. The highest BCUT2D eigenvalue weighted by Gasteiger charge is 2.33.